The molecule has 0 radical (unpaired) electrons. The molecule has 0 aliphatic carbocycles. The van der Waals surface area contributed by atoms with Gasteiger partial charge in [0, 0.05) is 19.4 Å². The van der Waals surface area contributed by atoms with Crippen molar-refractivity contribution in [3.05, 3.63) is 29.3 Å². The second kappa shape index (κ2) is 5.11. The van der Waals surface area contributed by atoms with Gasteiger partial charge in [-0.15, -0.1) is 0 Å². The lowest BCUT2D eigenvalue weighted by Gasteiger charge is -2.29. The van der Waals surface area contributed by atoms with E-state index in [2.05, 4.69) is 0 Å². The summed E-state index contributed by atoms with van der Waals surface area (Å²) >= 11 is 0. The number of phenols is 1. The fourth-order valence-electron chi connectivity index (χ4n) is 1.74. The van der Waals surface area contributed by atoms with E-state index in [1.54, 1.807) is 0 Å². The van der Waals surface area contributed by atoms with Gasteiger partial charge >= 0.3 is 11.9 Å². The molecular formula is C13H12O8S. The molecule has 2 N–H and O–H groups in total. The molecule has 1 aliphatic heterocycles. The highest BCUT2D eigenvalue weighted by atomic mass is 32.2. The highest BCUT2D eigenvalue weighted by molar-refractivity contribution is 7.85. The Balaban J connectivity index is 2.49. The van der Waals surface area contributed by atoms with Crippen molar-refractivity contribution in [2.24, 2.45) is 0 Å². The Hall–Kier alpha value is -2.39. The normalized spacial score (nSPS) is 17.7. The number of aromatic hydroxyl groups is 1. The molecule has 22 heavy (non-hydrogen) atoms. The van der Waals surface area contributed by atoms with E-state index in [0.717, 1.165) is 24.3 Å². The standard InChI is InChI=1S/C13H12O8S/c1-13(2)20-11(15)9(12(16)21-13)6-7-5-8(22(17,18)19)3-4-10(7)14/h3-6,14H,1-2H3,(H,17,18,19). The zero-order valence-electron chi connectivity index (χ0n) is 11.6. The Kier molecular flexibility index (Phi) is 3.71. The number of benzene rings is 1. The summed E-state index contributed by atoms with van der Waals surface area (Å²) < 4.78 is 40.8. The molecule has 0 saturated carbocycles. The van der Waals surface area contributed by atoms with Crippen LogP contribution in [-0.4, -0.2) is 35.8 Å². The van der Waals surface area contributed by atoms with Crippen LogP contribution in [-0.2, 0) is 29.2 Å². The van der Waals surface area contributed by atoms with Crippen molar-refractivity contribution >= 4 is 28.1 Å². The fraction of sp³-hybridized carbons (Fsp3) is 0.231. The second-order valence-electron chi connectivity index (χ2n) is 4.93. The number of ether oxygens (including phenoxy) is 2. The zero-order valence-corrected chi connectivity index (χ0v) is 12.4. The minimum absolute atomic E-state index is 0.168. The molecule has 1 aromatic carbocycles. The summed E-state index contributed by atoms with van der Waals surface area (Å²) in [6, 6.07) is 2.87. The van der Waals surface area contributed by atoms with Crippen LogP contribution in [0.3, 0.4) is 0 Å². The average Bonchev–Trinajstić information content (AvgIpc) is 2.33. The monoisotopic (exact) mass is 328 g/mol. The molecule has 0 unspecified atom stereocenters. The summed E-state index contributed by atoms with van der Waals surface area (Å²) in [5.41, 5.74) is -0.680. The number of hydrogen-bond acceptors (Lipinski definition) is 7. The smallest absolute Gasteiger partial charge is 0.348 e. The molecule has 0 amide bonds. The van der Waals surface area contributed by atoms with Gasteiger partial charge in [-0.05, 0) is 24.3 Å². The number of cyclic esters (lactones) is 2. The maximum absolute atomic E-state index is 11.8. The topological polar surface area (TPSA) is 127 Å². The quantitative estimate of drug-likeness (QED) is 0.354. The minimum Gasteiger partial charge on any atom is -0.507 e. The number of carbonyl (C=O) groups is 2. The van der Waals surface area contributed by atoms with Gasteiger partial charge in [0.2, 0.25) is 0 Å². The molecule has 9 heteroatoms. The Morgan fingerprint density at radius 2 is 1.68 bits per heavy atom. The maximum atomic E-state index is 11.8. The van der Waals surface area contributed by atoms with Gasteiger partial charge in [-0.25, -0.2) is 9.59 Å². The van der Waals surface area contributed by atoms with Crippen molar-refractivity contribution in [3.8, 4) is 5.75 Å². The third-order valence-electron chi connectivity index (χ3n) is 2.71. The molecule has 8 nitrogen and oxygen atoms in total. The number of esters is 2. The van der Waals surface area contributed by atoms with E-state index in [9.17, 15) is 23.1 Å². The first-order valence-corrected chi connectivity index (χ1v) is 7.42. The Bertz CT molecular complexity index is 766. The molecular weight excluding hydrogens is 316 g/mol. The van der Waals surface area contributed by atoms with Crippen LogP contribution >= 0.6 is 0 Å². The van der Waals surface area contributed by atoms with Crippen molar-refractivity contribution in [2.45, 2.75) is 24.5 Å². The molecule has 1 saturated heterocycles. The number of phenolic OH excluding ortho intramolecular Hbond substituents is 1. The SMILES string of the molecule is CC1(C)OC(=O)C(=Cc2cc(S(=O)(=O)O)ccc2O)C(=O)O1. The van der Waals surface area contributed by atoms with Crippen molar-refractivity contribution in [3.63, 3.8) is 0 Å². The molecule has 1 fully saturated rings. The highest BCUT2D eigenvalue weighted by Crippen LogP contribution is 2.28. The molecule has 0 atom stereocenters. The molecule has 2 rings (SSSR count). The van der Waals surface area contributed by atoms with Crippen LogP contribution in [0.15, 0.2) is 28.7 Å². The number of carbonyl (C=O) groups excluding carboxylic acids is 2. The molecule has 118 valence electrons. The van der Waals surface area contributed by atoms with Crippen molar-refractivity contribution < 1.29 is 37.1 Å². The predicted octanol–water partition coefficient (Wildman–Crippen LogP) is 0.858. The lowest BCUT2D eigenvalue weighted by Crippen LogP contribution is -2.41. The Morgan fingerprint density at radius 1 is 1.14 bits per heavy atom. The molecule has 1 heterocycles. The van der Waals surface area contributed by atoms with Gasteiger partial charge in [0.25, 0.3) is 15.9 Å². The molecule has 1 aromatic rings. The van der Waals surface area contributed by atoms with Crippen LogP contribution < -0.4 is 0 Å². The van der Waals surface area contributed by atoms with Gasteiger partial charge < -0.3 is 14.6 Å². The van der Waals surface area contributed by atoms with Gasteiger partial charge in [0.15, 0.2) is 0 Å². The van der Waals surface area contributed by atoms with Crippen LogP contribution in [0.1, 0.15) is 19.4 Å². The first-order valence-electron chi connectivity index (χ1n) is 5.98. The van der Waals surface area contributed by atoms with Gasteiger partial charge in [0.1, 0.15) is 11.3 Å². The van der Waals surface area contributed by atoms with E-state index in [4.69, 9.17) is 14.0 Å². The van der Waals surface area contributed by atoms with Crippen LogP contribution in [0.4, 0.5) is 0 Å². The fourth-order valence-corrected chi connectivity index (χ4v) is 2.26. The zero-order chi connectivity index (χ0) is 16.7. The van der Waals surface area contributed by atoms with E-state index in [1.165, 1.54) is 13.8 Å². The largest absolute Gasteiger partial charge is 0.507 e. The van der Waals surface area contributed by atoms with E-state index < -0.39 is 44.1 Å². The minimum atomic E-state index is -4.50. The van der Waals surface area contributed by atoms with Crippen molar-refractivity contribution in [2.75, 3.05) is 0 Å². The third-order valence-corrected chi connectivity index (χ3v) is 3.56. The van der Waals surface area contributed by atoms with Gasteiger partial charge in [-0.1, -0.05) is 0 Å². The first kappa shape index (κ1) is 16.0. The van der Waals surface area contributed by atoms with Gasteiger partial charge in [-0.3, -0.25) is 4.55 Å². The lowest BCUT2D eigenvalue weighted by atomic mass is 10.1. The molecule has 0 aromatic heterocycles. The lowest BCUT2D eigenvalue weighted by molar-refractivity contribution is -0.222. The average molecular weight is 328 g/mol. The van der Waals surface area contributed by atoms with Crippen LogP contribution in [0.5, 0.6) is 5.75 Å². The summed E-state index contributed by atoms with van der Waals surface area (Å²) in [4.78, 5) is 23.0. The van der Waals surface area contributed by atoms with Crippen molar-refractivity contribution in [1.82, 2.24) is 0 Å². The second-order valence-corrected chi connectivity index (χ2v) is 6.35. The van der Waals surface area contributed by atoms with Crippen LogP contribution in [0, 0.1) is 0 Å². The predicted molar refractivity (Wildman–Crippen MR) is 72.2 cm³/mol. The van der Waals surface area contributed by atoms with Gasteiger partial charge in [0.05, 0.1) is 4.90 Å². The van der Waals surface area contributed by atoms with E-state index >= 15 is 0 Å². The number of hydrogen-bond donors (Lipinski definition) is 2. The first-order chi connectivity index (χ1) is 9.99. The Labute approximate surface area is 125 Å². The molecule has 0 bridgehead atoms. The van der Waals surface area contributed by atoms with Crippen LogP contribution in [0.2, 0.25) is 0 Å². The van der Waals surface area contributed by atoms with Gasteiger partial charge in [-0.2, -0.15) is 8.42 Å². The summed E-state index contributed by atoms with van der Waals surface area (Å²) in [6.07, 6.45) is 0.921. The maximum Gasteiger partial charge on any atom is 0.348 e. The van der Waals surface area contributed by atoms with Crippen molar-refractivity contribution in [1.29, 1.82) is 0 Å². The molecule has 1 aliphatic rings. The Morgan fingerprint density at radius 3 is 2.18 bits per heavy atom. The summed E-state index contributed by atoms with van der Waals surface area (Å²) in [5.74, 6) is -3.76. The highest BCUT2D eigenvalue weighted by Gasteiger charge is 2.39. The van der Waals surface area contributed by atoms with E-state index in [-0.39, 0.29) is 5.56 Å². The summed E-state index contributed by atoms with van der Waals surface area (Å²) in [6.45, 7) is 2.74. The summed E-state index contributed by atoms with van der Waals surface area (Å²) in [7, 11) is -4.50. The van der Waals surface area contributed by atoms with E-state index in [1.807, 2.05) is 0 Å². The molecule has 0 spiro atoms. The summed E-state index contributed by atoms with van der Waals surface area (Å²) in [5, 5.41) is 9.68. The number of rotatable bonds is 2. The van der Waals surface area contributed by atoms with E-state index in [0.29, 0.717) is 0 Å². The third kappa shape index (κ3) is 3.26. The van der Waals surface area contributed by atoms with Crippen LogP contribution in [0.25, 0.3) is 6.08 Å².